The predicted octanol–water partition coefficient (Wildman–Crippen LogP) is -1.34. The van der Waals surface area contributed by atoms with Gasteiger partial charge in [0.2, 0.25) is 5.91 Å². The van der Waals surface area contributed by atoms with E-state index in [0.29, 0.717) is 0 Å². The lowest BCUT2D eigenvalue weighted by molar-refractivity contribution is -0.141. The third kappa shape index (κ3) is 4.60. The Kier molecular flexibility index (Phi) is 5.45. The van der Waals surface area contributed by atoms with E-state index in [9.17, 15) is 9.59 Å². The fourth-order valence-corrected chi connectivity index (χ4v) is 0.892. The number of nitrogens with two attached hydrogens (primary N) is 1. The third-order valence-corrected chi connectivity index (χ3v) is 1.55. The monoisotopic (exact) mass is 210 g/mol. The van der Waals surface area contributed by atoms with E-state index in [1.807, 2.05) is 0 Å². The second kappa shape index (κ2) is 6.35. The second-order valence-corrected chi connectivity index (χ2v) is 2.71. The SMILES string of the molecule is N#CCN(CC#N)C(=O)C(N)CC(=O)O. The standard InChI is InChI=1S/C8H10N4O3/c9-1-3-12(4-2-10)8(15)6(11)5-7(13)14/h6H,3-5,11H2,(H,13,14). The molecule has 0 spiro atoms. The molecule has 1 atom stereocenters. The number of hydrogen-bond acceptors (Lipinski definition) is 5. The van der Waals surface area contributed by atoms with Crippen molar-refractivity contribution >= 4 is 11.9 Å². The molecular formula is C8H10N4O3. The summed E-state index contributed by atoms with van der Waals surface area (Å²) in [5, 5.41) is 25.1. The molecule has 0 rings (SSSR count). The fraction of sp³-hybridized carbons (Fsp3) is 0.500. The molecule has 0 radical (unpaired) electrons. The summed E-state index contributed by atoms with van der Waals surface area (Å²) in [6.07, 6.45) is -0.522. The van der Waals surface area contributed by atoms with Crippen molar-refractivity contribution in [1.29, 1.82) is 10.5 Å². The van der Waals surface area contributed by atoms with Gasteiger partial charge in [-0.3, -0.25) is 9.59 Å². The lowest BCUT2D eigenvalue weighted by Crippen LogP contribution is -2.45. The van der Waals surface area contributed by atoms with E-state index in [1.54, 1.807) is 12.1 Å². The van der Waals surface area contributed by atoms with Crippen LogP contribution in [-0.2, 0) is 9.59 Å². The average Bonchev–Trinajstić information content (AvgIpc) is 2.15. The van der Waals surface area contributed by atoms with Crippen molar-refractivity contribution in [2.75, 3.05) is 13.1 Å². The molecule has 0 aromatic heterocycles. The van der Waals surface area contributed by atoms with E-state index < -0.39 is 24.3 Å². The highest BCUT2D eigenvalue weighted by Gasteiger charge is 2.22. The quantitative estimate of drug-likeness (QED) is 0.540. The number of amides is 1. The Morgan fingerprint density at radius 1 is 1.33 bits per heavy atom. The lowest BCUT2D eigenvalue weighted by atomic mass is 10.2. The Bertz CT molecular complexity index is 312. The number of nitriles is 2. The number of carbonyl (C=O) groups excluding carboxylic acids is 1. The van der Waals surface area contributed by atoms with Gasteiger partial charge in [0.25, 0.3) is 0 Å². The first-order valence-corrected chi connectivity index (χ1v) is 4.03. The summed E-state index contributed by atoms with van der Waals surface area (Å²) >= 11 is 0. The minimum atomic E-state index is -1.22. The molecule has 7 heteroatoms. The third-order valence-electron chi connectivity index (χ3n) is 1.55. The van der Waals surface area contributed by atoms with Crippen LogP contribution >= 0.6 is 0 Å². The van der Waals surface area contributed by atoms with Crippen LogP contribution in [0.5, 0.6) is 0 Å². The van der Waals surface area contributed by atoms with Crippen LogP contribution in [0.3, 0.4) is 0 Å². The van der Waals surface area contributed by atoms with Crippen LogP contribution in [0.15, 0.2) is 0 Å². The van der Waals surface area contributed by atoms with Gasteiger partial charge in [-0.05, 0) is 0 Å². The van der Waals surface area contributed by atoms with Crippen LogP contribution < -0.4 is 5.73 Å². The minimum Gasteiger partial charge on any atom is -0.481 e. The highest BCUT2D eigenvalue weighted by atomic mass is 16.4. The average molecular weight is 210 g/mol. The van der Waals surface area contributed by atoms with Gasteiger partial charge < -0.3 is 15.7 Å². The van der Waals surface area contributed by atoms with Crippen molar-refractivity contribution in [2.45, 2.75) is 12.5 Å². The number of aliphatic carboxylic acids is 1. The highest BCUT2D eigenvalue weighted by Crippen LogP contribution is 1.97. The molecule has 0 aromatic carbocycles. The Balaban J connectivity index is 4.43. The molecule has 0 aliphatic carbocycles. The topological polar surface area (TPSA) is 131 Å². The number of hydrogen-bond donors (Lipinski definition) is 2. The number of nitrogens with zero attached hydrogens (tertiary/aromatic N) is 3. The zero-order valence-electron chi connectivity index (χ0n) is 7.88. The van der Waals surface area contributed by atoms with Crippen molar-refractivity contribution < 1.29 is 14.7 Å². The normalized spacial score (nSPS) is 10.9. The first-order chi connectivity index (χ1) is 7.02. The Morgan fingerprint density at radius 3 is 2.13 bits per heavy atom. The number of rotatable bonds is 5. The van der Waals surface area contributed by atoms with Gasteiger partial charge in [-0.25, -0.2) is 0 Å². The Morgan fingerprint density at radius 2 is 1.80 bits per heavy atom. The van der Waals surface area contributed by atoms with Crippen molar-refractivity contribution in [2.24, 2.45) is 5.73 Å². The van der Waals surface area contributed by atoms with Crippen molar-refractivity contribution in [3.05, 3.63) is 0 Å². The van der Waals surface area contributed by atoms with Crippen LogP contribution in [0.1, 0.15) is 6.42 Å². The second-order valence-electron chi connectivity index (χ2n) is 2.71. The first-order valence-electron chi connectivity index (χ1n) is 4.03. The molecule has 80 valence electrons. The summed E-state index contributed by atoms with van der Waals surface area (Å²) in [5.41, 5.74) is 5.29. The highest BCUT2D eigenvalue weighted by molar-refractivity contribution is 5.86. The van der Waals surface area contributed by atoms with Crippen LogP contribution in [0, 0.1) is 22.7 Å². The van der Waals surface area contributed by atoms with Crippen LogP contribution in [-0.4, -0.2) is 41.0 Å². The largest absolute Gasteiger partial charge is 0.481 e. The Labute approximate surface area is 86.3 Å². The summed E-state index contributed by atoms with van der Waals surface area (Å²) < 4.78 is 0. The van der Waals surface area contributed by atoms with Crippen molar-refractivity contribution in [3.63, 3.8) is 0 Å². The summed E-state index contributed by atoms with van der Waals surface area (Å²) in [5.74, 6) is -1.91. The maximum atomic E-state index is 11.4. The fourth-order valence-electron chi connectivity index (χ4n) is 0.892. The summed E-state index contributed by atoms with van der Waals surface area (Å²) in [7, 11) is 0. The summed E-state index contributed by atoms with van der Waals surface area (Å²) in [6, 6.07) is 2.17. The summed E-state index contributed by atoms with van der Waals surface area (Å²) in [4.78, 5) is 22.6. The minimum absolute atomic E-state index is 0.278. The number of carboxylic acids is 1. The van der Waals surface area contributed by atoms with E-state index in [0.717, 1.165) is 4.90 Å². The molecule has 0 aromatic rings. The lowest BCUT2D eigenvalue weighted by Gasteiger charge is -2.19. The molecule has 15 heavy (non-hydrogen) atoms. The van der Waals surface area contributed by atoms with Crippen LogP contribution in [0.25, 0.3) is 0 Å². The zero-order valence-corrected chi connectivity index (χ0v) is 7.88. The molecule has 0 fully saturated rings. The van der Waals surface area contributed by atoms with E-state index in [2.05, 4.69) is 0 Å². The van der Waals surface area contributed by atoms with Crippen LogP contribution in [0.4, 0.5) is 0 Å². The van der Waals surface area contributed by atoms with E-state index in [-0.39, 0.29) is 13.1 Å². The van der Waals surface area contributed by atoms with E-state index >= 15 is 0 Å². The summed E-state index contributed by atoms with van der Waals surface area (Å²) in [6.45, 7) is -0.556. The van der Waals surface area contributed by atoms with Gasteiger partial charge in [-0.2, -0.15) is 10.5 Å². The maximum Gasteiger partial charge on any atom is 0.305 e. The van der Waals surface area contributed by atoms with Crippen molar-refractivity contribution in [3.8, 4) is 12.1 Å². The molecule has 0 heterocycles. The van der Waals surface area contributed by atoms with Gasteiger partial charge in [0.1, 0.15) is 13.1 Å². The molecule has 0 bridgehead atoms. The van der Waals surface area contributed by atoms with Crippen LogP contribution in [0.2, 0.25) is 0 Å². The number of carboxylic acid groups (broad SMARTS) is 1. The van der Waals surface area contributed by atoms with E-state index in [1.165, 1.54) is 0 Å². The smallest absolute Gasteiger partial charge is 0.305 e. The molecule has 0 aliphatic heterocycles. The number of carbonyl (C=O) groups is 2. The first kappa shape index (κ1) is 12.9. The van der Waals surface area contributed by atoms with Gasteiger partial charge in [0.05, 0.1) is 24.6 Å². The Hall–Kier alpha value is -2.12. The maximum absolute atomic E-state index is 11.4. The molecular weight excluding hydrogens is 200 g/mol. The molecule has 0 saturated carbocycles. The molecule has 1 amide bonds. The van der Waals surface area contributed by atoms with Gasteiger partial charge >= 0.3 is 5.97 Å². The zero-order chi connectivity index (χ0) is 11.8. The molecule has 7 nitrogen and oxygen atoms in total. The van der Waals surface area contributed by atoms with Crippen molar-refractivity contribution in [1.82, 2.24) is 4.90 Å². The van der Waals surface area contributed by atoms with E-state index in [4.69, 9.17) is 21.4 Å². The molecule has 3 N–H and O–H groups in total. The van der Waals surface area contributed by atoms with Gasteiger partial charge in [-0.1, -0.05) is 0 Å². The van der Waals surface area contributed by atoms with Gasteiger partial charge in [0.15, 0.2) is 0 Å². The molecule has 0 saturated heterocycles. The van der Waals surface area contributed by atoms with Gasteiger partial charge in [0, 0.05) is 0 Å². The predicted molar refractivity (Wildman–Crippen MR) is 48.0 cm³/mol. The van der Waals surface area contributed by atoms with Gasteiger partial charge in [-0.15, -0.1) is 0 Å². The molecule has 0 aliphatic rings. The molecule has 1 unspecified atom stereocenters.